The van der Waals surface area contributed by atoms with Gasteiger partial charge in [0.1, 0.15) is 0 Å². The lowest BCUT2D eigenvalue weighted by Gasteiger charge is -2.56. The van der Waals surface area contributed by atoms with E-state index in [2.05, 4.69) is 4.90 Å². The molecule has 4 nitrogen and oxygen atoms in total. The van der Waals surface area contributed by atoms with E-state index in [9.17, 15) is 9.59 Å². The Hall–Kier alpha value is -1.55. The lowest BCUT2D eigenvalue weighted by molar-refractivity contribution is -0.157. The van der Waals surface area contributed by atoms with Crippen LogP contribution in [0.15, 0.2) is 24.3 Å². The Morgan fingerprint density at radius 1 is 0.893 bits per heavy atom. The van der Waals surface area contributed by atoms with Gasteiger partial charge in [0, 0.05) is 36.8 Å². The minimum Gasteiger partial charge on any atom is -0.340 e. The molecular formula is C23H29ClN2O2. The van der Waals surface area contributed by atoms with Gasteiger partial charge in [-0.1, -0.05) is 17.7 Å². The molecule has 0 unspecified atom stereocenters. The Morgan fingerprint density at radius 3 is 2.14 bits per heavy atom. The Labute approximate surface area is 172 Å². The average molecular weight is 401 g/mol. The van der Waals surface area contributed by atoms with Crippen molar-refractivity contribution < 1.29 is 9.59 Å². The van der Waals surface area contributed by atoms with Gasteiger partial charge in [0.25, 0.3) is 5.91 Å². The molecule has 0 aromatic heterocycles. The normalized spacial score (nSPS) is 34.4. The molecule has 0 atom stereocenters. The number of nitrogens with zero attached hydrogens (tertiary/aromatic N) is 2. The second-order valence-electron chi connectivity index (χ2n) is 9.65. The molecule has 4 aliphatic carbocycles. The number of carbonyl (C=O) groups is 2. The van der Waals surface area contributed by atoms with Gasteiger partial charge in [-0.3, -0.25) is 9.59 Å². The Kier molecular flexibility index (Phi) is 4.65. The standard InChI is InChI=1S/C23H29ClN2O2/c24-20-4-1-3-19(12-20)21(27)25-5-2-6-26(8-7-25)22(28)23-13-16-9-17(14-23)11-18(10-16)15-23/h1,3-4,12,16-18H,2,5-11,13-15H2. The molecule has 5 heteroatoms. The van der Waals surface area contributed by atoms with Crippen molar-refractivity contribution in [2.45, 2.75) is 44.9 Å². The van der Waals surface area contributed by atoms with E-state index in [-0.39, 0.29) is 11.3 Å². The molecule has 1 aromatic rings. The second-order valence-corrected chi connectivity index (χ2v) is 10.1. The molecule has 1 aromatic carbocycles. The predicted octanol–water partition coefficient (Wildman–Crippen LogP) is 4.23. The highest BCUT2D eigenvalue weighted by atomic mass is 35.5. The van der Waals surface area contributed by atoms with E-state index in [0.29, 0.717) is 36.1 Å². The van der Waals surface area contributed by atoms with E-state index in [1.807, 2.05) is 17.0 Å². The van der Waals surface area contributed by atoms with Crippen LogP contribution < -0.4 is 0 Å². The molecule has 1 saturated heterocycles. The number of amides is 2. The maximum absolute atomic E-state index is 13.6. The summed E-state index contributed by atoms with van der Waals surface area (Å²) in [5, 5.41) is 0.583. The third kappa shape index (κ3) is 3.24. The minimum atomic E-state index is -0.0825. The number of hydrogen-bond donors (Lipinski definition) is 0. The monoisotopic (exact) mass is 400 g/mol. The molecule has 1 aliphatic heterocycles. The topological polar surface area (TPSA) is 40.6 Å². The summed E-state index contributed by atoms with van der Waals surface area (Å²) >= 11 is 6.05. The molecule has 6 rings (SSSR count). The Bertz CT molecular complexity index is 757. The summed E-state index contributed by atoms with van der Waals surface area (Å²) in [6.45, 7) is 2.76. The Morgan fingerprint density at radius 2 is 1.50 bits per heavy atom. The fourth-order valence-electron chi connectivity index (χ4n) is 6.84. The van der Waals surface area contributed by atoms with Gasteiger partial charge in [0.05, 0.1) is 5.41 Å². The molecule has 0 radical (unpaired) electrons. The first-order valence-electron chi connectivity index (χ1n) is 10.9. The van der Waals surface area contributed by atoms with Crippen LogP contribution >= 0.6 is 11.6 Å². The van der Waals surface area contributed by atoms with Gasteiger partial charge in [-0.25, -0.2) is 0 Å². The maximum Gasteiger partial charge on any atom is 0.253 e. The van der Waals surface area contributed by atoms with Crippen molar-refractivity contribution in [1.29, 1.82) is 0 Å². The first kappa shape index (κ1) is 18.5. The van der Waals surface area contributed by atoms with Crippen LogP contribution in [0.4, 0.5) is 0 Å². The van der Waals surface area contributed by atoms with Crippen LogP contribution in [0.3, 0.4) is 0 Å². The van der Waals surface area contributed by atoms with Crippen LogP contribution in [0, 0.1) is 23.2 Å². The second kappa shape index (κ2) is 7.05. The minimum absolute atomic E-state index is 0.0200. The van der Waals surface area contributed by atoms with Crippen LogP contribution in [0.5, 0.6) is 0 Å². The van der Waals surface area contributed by atoms with Crippen molar-refractivity contribution in [2.24, 2.45) is 23.2 Å². The quantitative estimate of drug-likeness (QED) is 0.745. The summed E-state index contributed by atoms with van der Waals surface area (Å²) in [6.07, 6.45) is 8.25. The number of hydrogen-bond acceptors (Lipinski definition) is 2. The zero-order valence-corrected chi connectivity index (χ0v) is 17.2. The molecule has 1 heterocycles. The van der Waals surface area contributed by atoms with Crippen LogP contribution in [-0.2, 0) is 4.79 Å². The van der Waals surface area contributed by atoms with Crippen molar-refractivity contribution in [2.75, 3.05) is 26.2 Å². The van der Waals surface area contributed by atoms with Gasteiger partial charge in [0.2, 0.25) is 5.91 Å². The predicted molar refractivity (Wildman–Crippen MR) is 109 cm³/mol. The molecule has 28 heavy (non-hydrogen) atoms. The van der Waals surface area contributed by atoms with Gasteiger partial charge in [-0.05, 0) is 80.9 Å². The first-order chi connectivity index (χ1) is 13.5. The van der Waals surface area contributed by atoms with Crippen molar-refractivity contribution in [3.05, 3.63) is 34.9 Å². The Balaban J connectivity index is 1.27. The summed E-state index contributed by atoms with van der Waals surface area (Å²) in [5.41, 5.74) is 0.550. The summed E-state index contributed by atoms with van der Waals surface area (Å²) in [5.74, 6) is 2.75. The molecule has 5 fully saturated rings. The molecule has 4 saturated carbocycles. The number of rotatable bonds is 2. The first-order valence-corrected chi connectivity index (χ1v) is 11.2. The van der Waals surface area contributed by atoms with E-state index in [0.717, 1.165) is 50.0 Å². The van der Waals surface area contributed by atoms with Crippen LogP contribution in [0.2, 0.25) is 5.02 Å². The van der Waals surface area contributed by atoms with Gasteiger partial charge in [-0.2, -0.15) is 0 Å². The summed E-state index contributed by atoms with van der Waals surface area (Å²) in [7, 11) is 0. The number of benzene rings is 1. The summed E-state index contributed by atoms with van der Waals surface area (Å²) in [6, 6.07) is 7.15. The molecule has 4 bridgehead atoms. The third-order valence-corrected chi connectivity index (χ3v) is 7.87. The molecule has 0 N–H and O–H groups in total. The van der Waals surface area contributed by atoms with Gasteiger partial charge >= 0.3 is 0 Å². The lowest BCUT2D eigenvalue weighted by Crippen LogP contribution is -2.55. The SMILES string of the molecule is O=C(c1cccc(Cl)c1)N1CCCN(C(=O)C23CC4CC(CC(C4)C2)C3)CC1. The van der Waals surface area contributed by atoms with Crippen molar-refractivity contribution in [3.63, 3.8) is 0 Å². The molecular weight excluding hydrogens is 372 g/mol. The fourth-order valence-corrected chi connectivity index (χ4v) is 7.03. The van der Waals surface area contributed by atoms with E-state index in [1.165, 1.54) is 19.3 Å². The number of carbonyl (C=O) groups excluding carboxylic acids is 2. The van der Waals surface area contributed by atoms with E-state index >= 15 is 0 Å². The largest absolute Gasteiger partial charge is 0.340 e. The zero-order chi connectivity index (χ0) is 19.3. The van der Waals surface area contributed by atoms with Gasteiger partial charge in [-0.15, -0.1) is 0 Å². The molecule has 0 spiro atoms. The lowest BCUT2D eigenvalue weighted by atomic mass is 9.49. The molecule has 150 valence electrons. The highest BCUT2D eigenvalue weighted by molar-refractivity contribution is 6.30. The third-order valence-electron chi connectivity index (χ3n) is 7.63. The van der Waals surface area contributed by atoms with Gasteiger partial charge in [0.15, 0.2) is 0 Å². The van der Waals surface area contributed by atoms with Crippen molar-refractivity contribution in [3.8, 4) is 0 Å². The van der Waals surface area contributed by atoms with Crippen LogP contribution in [-0.4, -0.2) is 47.8 Å². The average Bonchev–Trinajstić information content (AvgIpc) is 2.92. The van der Waals surface area contributed by atoms with Gasteiger partial charge < -0.3 is 9.80 Å². The highest BCUT2D eigenvalue weighted by Gasteiger charge is 2.55. The summed E-state index contributed by atoms with van der Waals surface area (Å²) in [4.78, 5) is 30.4. The van der Waals surface area contributed by atoms with E-state index < -0.39 is 0 Å². The highest BCUT2D eigenvalue weighted by Crippen LogP contribution is 2.60. The van der Waals surface area contributed by atoms with Crippen LogP contribution in [0.25, 0.3) is 0 Å². The van der Waals surface area contributed by atoms with E-state index in [4.69, 9.17) is 11.6 Å². The zero-order valence-electron chi connectivity index (χ0n) is 16.4. The molecule has 5 aliphatic rings. The smallest absolute Gasteiger partial charge is 0.253 e. The molecule has 2 amide bonds. The van der Waals surface area contributed by atoms with Crippen molar-refractivity contribution >= 4 is 23.4 Å². The van der Waals surface area contributed by atoms with E-state index in [1.54, 1.807) is 12.1 Å². The maximum atomic E-state index is 13.6. The number of halogens is 1. The van der Waals surface area contributed by atoms with Crippen molar-refractivity contribution in [1.82, 2.24) is 9.80 Å². The van der Waals surface area contributed by atoms with Crippen LogP contribution in [0.1, 0.15) is 55.3 Å². The fraction of sp³-hybridized carbons (Fsp3) is 0.652. The summed E-state index contributed by atoms with van der Waals surface area (Å²) < 4.78 is 0.